The van der Waals surface area contributed by atoms with Gasteiger partial charge in [-0.1, -0.05) is 13.8 Å². The van der Waals surface area contributed by atoms with E-state index < -0.39 is 0 Å². The van der Waals surface area contributed by atoms with Gasteiger partial charge in [-0.3, -0.25) is 14.5 Å². The van der Waals surface area contributed by atoms with Crippen LogP contribution in [0.3, 0.4) is 0 Å². The van der Waals surface area contributed by atoms with Gasteiger partial charge in [0.15, 0.2) is 5.69 Å². The molecule has 7 nitrogen and oxygen atoms in total. The summed E-state index contributed by atoms with van der Waals surface area (Å²) in [5.41, 5.74) is 4.42. The molecule has 0 bridgehead atoms. The van der Waals surface area contributed by atoms with Crippen LogP contribution >= 0.6 is 0 Å². The zero-order chi connectivity index (χ0) is 21.6. The van der Waals surface area contributed by atoms with Crippen molar-refractivity contribution < 1.29 is 9.53 Å². The van der Waals surface area contributed by atoms with Crippen LogP contribution in [0.4, 0.5) is 0 Å². The standard InChI is InChI=1S/C24H35N5O2/c1-18(2)17-29-22-6-5-20(26-9-3-4-19-7-10-25-11-8-19)16-21(22)23(27-29)24(30)28-12-14-31-15-13-28/h7-8,10-11,18,20,26H,3-6,9,12-17H2,1-2H3/t20-/m1/s1. The highest BCUT2D eigenvalue weighted by atomic mass is 16.5. The molecule has 168 valence electrons. The smallest absolute Gasteiger partial charge is 0.274 e. The summed E-state index contributed by atoms with van der Waals surface area (Å²) in [5.74, 6) is 0.569. The Balaban J connectivity index is 1.42. The van der Waals surface area contributed by atoms with E-state index in [-0.39, 0.29) is 5.91 Å². The monoisotopic (exact) mass is 425 g/mol. The molecule has 0 aromatic carbocycles. The van der Waals surface area contributed by atoms with Gasteiger partial charge in [0.1, 0.15) is 0 Å². The van der Waals surface area contributed by atoms with Gasteiger partial charge < -0.3 is 15.0 Å². The number of aryl methyl sites for hydroxylation is 1. The highest BCUT2D eigenvalue weighted by Gasteiger charge is 2.31. The van der Waals surface area contributed by atoms with E-state index in [9.17, 15) is 4.79 Å². The Bertz CT molecular complexity index is 858. The first-order valence-electron chi connectivity index (χ1n) is 11.7. The van der Waals surface area contributed by atoms with Crippen molar-refractivity contribution in [2.45, 2.75) is 58.5 Å². The van der Waals surface area contributed by atoms with Gasteiger partial charge in [0.2, 0.25) is 0 Å². The second-order valence-corrected chi connectivity index (χ2v) is 9.11. The summed E-state index contributed by atoms with van der Waals surface area (Å²) in [6.07, 6.45) is 8.82. The van der Waals surface area contributed by atoms with E-state index in [1.165, 1.54) is 11.3 Å². The Morgan fingerprint density at radius 3 is 2.77 bits per heavy atom. The number of rotatable bonds is 8. The molecule has 1 saturated heterocycles. The number of ether oxygens (including phenoxy) is 1. The topological polar surface area (TPSA) is 72.3 Å². The summed E-state index contributed by atoms with van der Waals surface area (Å²) in [6.45, 7) is 8.78. The number of pyridine rings is 1. The maximum Gasteiger partial charge on any atom is 0.274 e. The van der Waals surface area contributed by atoms with Crippen molar-refractivity contribution in [3.63, 3.8) is 0 Å². The number of nitrogens with zero attached hydrogens (tertiary/aromatic N) is 4. The lowest BCUT2D eigenvalue weighted by molar-refractivity contribution is 0.0297. The minimum absolute atomic E-state index is 0.0698. The van der Waals surface area contributed by atoms with Gasteiger partial charge in [0.05, 0.1) is 13.2 Å². The van der Waals surface area contributed by atoms with Crippen molar-refractivity contribution in [3.05, 3.63) is 47.0 Å². The third kappa shape index (κ3) is 5.52. The minimum atomic E-state index is 0.0698. The Morgan fingerprint density at radius 1 is 1.26 bits per heavy atom. The van der Waals surface area contributed by atoms with Gasteiger partial charge in [-0.25, -0.2) is 0 Å². The molecule has 4 rings (SSSR count). The summed E-state index contributed by atoms with van der Waals surface area (Å²) in [6, 6.07) is 4.57. The van der Waals surface area contributed by atoms with E-state index in [4.69, 9.17) is 9.84 Å². The molecule has 1 aliphatic carbocycles. The van der Waals surface area contributed by atoms with Gasteiger partial charge in [-0.2, -0.15) is 5.10 Å². The number of amides is 1. The summed E-state index contributed by atoms with van der Waals surface area (Å²) in [7, 11) is 0. The fraction of sp³-hybridized carbons (Fsp3) is 0.625. The van der Waals surface area contributed by atoms with Crippen LogP contribution in [0.15, 0.2) is 24.5 Å². The van der Waals surface area contributed by atoms with E-state index in [0.29, 0.717) is 44.0 Å². The number of nitrogens with one attached hydrogen (secondary N) is 1. The molecule has 1 aliphatic heterocycles. The Hall–Kier alpha value is -2.25. The van der Waals surface area contributed by atoms with Gasteiger partial charge in [-0.05, 0) is 62.3 Å². The van der Waals surface area contributed by atoms with Gasteiger partial charge in [0, 0.05) is 49.3 Å². The lowest BCUT2D eigenvalue weighted by atomic mass is 9.90. The van der Waals surface area contributed by atoms with Gasteiger partial charge >= 0.3 is 0 Å². The van der Waals surface area contributed by atoms with Crippen LogP contribution in [0.5, 0.6) is 0 Å². The molecule has 0 radical (unpaired) electrons. The van der Waals surface area contributed by atoms with Crippen molar-refractivity contribution in [2.75, 3.05) is 32.8 Å². The van der Waals surface area contributed by atoms with Crippen molar-refractivity contribution in [1.29, 1.82) is 0 Å². The van der Waals surface area contributed by atoms with E-state index in [2.05, 4.69) is 41.0 Å². The highest BCUT2D eigenvalue weighted by Crippen LogP contribution is 2.27. The minimum Gasteiger partial charge on any atom is -0.378 e. The number of carbonyl (C=O) groups is 1. The molecule has 1 amide bonds. The molecule has 1 fully saturated rings. The first kappa shape index (κ1) is 22.0. The molecule has 0 spiro atoms. The fourth-order valence-electron chi connectivity index (χ4n) is 4.60. The zero-order valence-electron chi connectivity index (χ0n) is 18.8. The first-order valence-corrected chi connectivity index (χ1v) is 11.7. The average Bonchev–Trinajstić information content (AvgIpc) is 3.14. The Kier molecular flexibility index (Phi) is 7.35. The van der Waals surface area contributed by atoms with E-state index >= 15 is 0 Å². The van der Waals surface area contributed by atoms with Crippen molar-refractivity contribution in [1.82, 2.24) is 25.0 Å². The van der Waals surface area contributed by atoms with Crippen LogP contribution in [0.2, 0.25) is 0 Å². The molecular formula is C24H35N5O2. The van der Waals surface area contributed by atoms with Crippen LogP contribution in [0, 0.1) is 5.92 Å². The predicted octanol–water partition coefficient (Wildman–Crippen LogP) is 2.49. The van der Waals surface area contributed by atoms with Crippen LogP contribution < -0.4 is 5.32 Å². The lowest BCUT2D eigenvalue weighted by Crippen LogP contribution is -2.42. The maximum atomic E-state index is 13.3. The molecule has 1 atom stereocenters. The Labute approximate surface area is 185 Å². The normalized spacial score (nSPS) is 18.9. The van der Waals surface area contributed by atoms with E-state index in [1.807, 2.05) is 17.3 Å². The molecule has 0 saturated carbocycles. The quantitative estimate of drug-likeness (QED) is 0.658. The van der Waals surface area contributed by atoms with Crippen molar-refractivity contribution in [3.8, 4) is 0 Å². The molecular weight excluding hydrogens is 390 g/mol. The number of hydrogen-bond donors (Lipinski definition) is 1. The predicted molar refractivity (Wildman–Crippen MR) is 120 cm³/mol. The van der Waals surface area contributed by atoms with Crippen LogP contribution in [0.25, 0.3) is 0 Å². The number of aromatic nitrogens is 3. The Morgan fingerprint density at radius 2 is 2.03 bits per heavy atom. The van der Waals surface area contributed by atoms with E-state index in [0.717, 1.165) is 50.8 Å². The van der Waals surface area contributed by atoms with Crippen LogP contribution in [-0.4, -0.2) is 64.5 Å². The second-order valence-electron chi connectivity index (χ2n) is 9.11. The second kappa shape index (κ2) is 10.4. The molecule has 2 aromatic heterocycles. The molecule has 3 heterocycles. The molecule has 7 heteroatoms. The average molecular weight is 426 g/mol. The summed E-state index contributed by atoms with van der Waals surface area (Å²) in [5, 5.41) is 8.56. The number of carbonyl (C=O) groups excluding carboxylic acids is 1. The fourth-order valence-corrected chi connectivity index (χ4v) is 4.60. The van der Waals surface area contributed by atoms with Crippen molar-refractivity contribution >= 4 is 5.91 Å². The maximum absolute atomic E-state index is 13.3. The first-order chi connectivity index (χ1) is 15.1. The third-order valence-corrected chi connectivity index (χ3v) is 6.21. The SMILES string of the molecule is CC(C)Cn1nc(C(=O)N2CCOCC2)c2c1CC[C@@H](NCCCc1ccncc1)C2. The van der Waals surface area contributed by atoms with Crippen LogP contribution in [-0.2, 0) is 30.5 Å². The summed E-state index contributed by atoms with van der Waals surface area (Å²) < 4.78 is 7.53. The molecule has 2 aromatic rings. The highest BCUT2D eigenvalue weighted by molar-refractivity contribution is 5.94. The van der Waals surface area contributed by atoms with E-state index in [1.54, 1.807) is 0 Å². The number of fused-ring (bicyclic) bond motifs is 1. The zero-order valence-corrected chi connectivity index (χ0v) is 18.8. The van der Waals surface area contributed by atoms with Gasteiger partial charge in [-0.15, -0.1) is 0 Å². The molecule has 0 unspecified atom stereocenters. The van der Waals surface area contributed by atoms with Crippen LogP contribution in [0.1, 0.15) is 54.0 Å². The van der Waals surface area contributed by atoms with Gasteiger partial charge in [0.25, 0.3) is 5.91 Å². The molecule has 1 N–H and O–H groups in total. The summed E-state index contributed by atoms with van der Waals surface area (Å²) >= 11 is 0. The third-order valence-electron chi connectivity index (χ3n) is 6.21. The molecule has 31 heavy (non-hydrogen) atoms. The number of hydrogen-bond acceptors (Lipinski definition) is 5. The number of morpholine rings is 1. The summed E-state index contributed by atoms with van der Waals surface area (Å²) in [4.78, 5) is 19.2. The van der Waals surface area contributed by atoms with Crippen molar-refractivity contribution in [2.24, 2.45) is 5.92 Å². The molecule has 2 aliphatic rings. The largest absolute Gasteiger partial charge is 0.378 e. The lowest BCUT2D eigenvalue weighted by Gasteiger charge is -2.28.